The summed E-state index contributed by atoms with van der Waals surface area (Å²) in [7, 11) is 1.42. The van der Waals surface area contributed by atoms with Gasteiger partial charge in [0.1, 0.15) is 35.6 Å². The third-order valence-corrected chi connectivity index (χ3v) is 4.78. The van der Waals surface area contributed by atoms with Crippen LogP contribution in [0.1, 0.15) is 21.6 Å². The molecule has 12 heteroatoms. The molecule has 0 aliphatic rings. The Morgan fingerprint density at radius 1 is 1.18 bits per heavy atom. The highest BCUT2D eigenvalue weighted by molar-refractivity contribution is 5.94. The molecule has 1 amide bonds. The maximum atomic E-state index is 13.4. The number of hydrogen-bond donors (Lipinski definition) is 2. The number of hydrogen-bond acceptors (Lipinski definition) is 6. The van der Waals surface area contributed by atoms with Crippen LogP contribution in [-0.2, 0) is 12.8 Å². The van der Waals surface area contributed by atoms with E-state index >= 15 is 0 Å². The van der Waals surface area contributed by atoms with Crippen LogP contribution in [0, 0.1) is 0 Å². The molecule has 0 saturated carbocycles. The van der Waals surface area contributed by atoms with E-state index in [0.717, 1.165) is 16.5 Å². The summed E-state index contributed by atoms with van der Waals surface area (Å²) in [5.41, 5.74) is 3.72. The average molecular weight is 461 g/mol. The average Bonchev–Trinajstić information content (AvgIpc) is 3.19. The number of aromatic nitrogens is 3. The molecule has 0 unspecified atom stereocenters. The van der Waals surface area contributed by atoms with Crippen LogP contribution in [0.25, 0.3) is 22.2 Å². The minimum atomic E-state index is -4.85. The van der Waals surface area contributed by atoms with Crippen LogP contribution in [0.5, 0.6) is 5.75 Å². The second-order valence-electron chi connectivity index (χ2n) is 6.91. The molecule has 0 fully saturated rings. The first-order valence-corrected chi connectivity index (χ1v) is 9.40. The molecule has 0 aliphatic carbocycles. The number of aromatic amines is 1. The standard InChI is InChI=1S/C21H15F3N4O5/c1-31-28-17-8-11(2-7-16(17)27-33-28)10-32-13-5-3-12(4-6-13)14-9-15(19(25)29)20(30)26-18(14)21(22,23)24/h2-9H,10H2,1H3,(H2-,25,26,29,30)/p+1. The van der Waals surface area contributed by atoms with Crippen molar-refractivity contribution in [3.63, 3.8) is 0 Å². The maximum Gasteiger partial charge on any atom is 0.431 e. The van der Waals surface area contributed by atoms with Crippen LogP contribution in [0.15, 0.2) is 58.0 Å². The number of nitrogens with two attached hydrogens (primary N) is 1. The van der Waals surface area contributed by atoms with Gasteiger partial charge in [-0.2, -0.15) is 13.2 Å². The molecule has 2 aromatic carbocycles. The second-order valence-corrected chi connectivity index (χ2v) is 6.91. The largest absolute Gasteiger partial charge is 0.489 e. The number of pyridine rings is 1. The van der Waals surface area contributed by atoms with Gasteiger partial charge in [-0.15, -0.1) is 0 Å². The number of fused-ring (bicyclic) bond motifs is 1. The molecule has 4 rings (SSSR count). The van der Waals surface area contributed by atoms with Crippen molar-refractivity contribution < 1.29 is 37.1 Å². The molecule has 0 saturated heterocycles. The first-order chi connectivity index (χ1) is 15.7. The Kier molecular flexibility index (Phi) is 5.50. The minimum absolute atomic E-state index is 0.112. The fourth-order valence-corrected chi connectivity index (χ4v) is 3.20. The number of amides is 1. The second kappa shape index (κ2) is 8.30. The number of nitrogens with one attached hydrogen (secondary N) is 1. The number of halogens is 3. The van der Waals surface area contributed by atoms with Crippen molar-refractivity contribution in [2.24, 2.45) is 5.73 Å². The van der Waals surface area contributed by atoms with Crippen molar-refractivity contribution in [2.75, 3.05) is 7.11 Å². The van der Waals surface area contributed by atoms with Crippen LogP contribution >= 0.6 is 0 Å². The smallest absolute Gasteiger partial charge is 0.431 e. The van der Waals surface area contributed by atoms with Crippen molar-refractivity contribution in [2.45, 2.75) is 12.8 Å². The van der Waals surface area contributed by atoms with Gasteiger partial charge in [0.2, 0.25) is 0 Å². The number of benzene rings is 2. The van der Waals surface area contributed by atoms with Crippen molar-refractivity contribution in [1.82, 2.24) is 10.1 Å². The number of primary amides is 1. The van der Waals surface area contributed by atoms with E-state index < -0.39 is 28.9 Å². The summed E-state index contributed by atoms with van der Waals surface area (Å²) >= 11 is 0. The topological polar surface area (TPSA) is 124 Å². The molecule has 9 nitrogen and oxygen atoms in total. The third kappa shape index (κ3) is 4.35. The Morgan fingerprint density at radius 3 is 2.55 bits per heavy atom. The summed E-state index contributed by atoms with van der Waals surface area (Å²) in [4.78, 5) is 31.1. The highest BCUT2D eigenvalue weighted by atomic mass is 19.4. The summed E-state index contributed by atoms with van der Waals surface area (Å²) in [6.45, 7) is 0.155. The number of H-pyrrole nitrogens is 1. The SMILES string of the molecule is CO[n+]1onc2ccc(COc3ccc(-c4cc(C(N)=O)c(=O)[nH]c4C(F)(F)F)cc3)cc21. The van der Waals surface area contributed by atoms with Gasteiger partial charge >= 0.3 is 6.18 Å². The zero-order chi connectivity index (χ0) is 23.8. The van der Waals surface area contributed by atoms with Crippen molar-refractivity contribution in [3.8, 4) is 16.9 Å². The van der Waals surface area contributed by atoms with E-state index in [1.54, 1.807) is 23.2 Å². The van der Waals surface area contributed by atoms with Crippen LogP contribution in [-0.4, -0.2) is 23.2 Å². The third-order valence-electron chi connectivity index (χ3n) is 4.78. The molecule has 0 aliphatic heterocycles. The molecule has 0 atom stereocenters. The van der Waals surface area contributed by atoms with E-state index in [-0.39, 0.29) is 17.7 Å². The van der Waals surface area contributed by atoms with Crippen LogP contribution in [0.4, 0.5) is 13.2 Å². The van der Waals surface area contributed by atoms with Gasteiger partial charge in [-0.25, -0.2) is 0 Å². The minimum Gasteiger partial charge on any atom is -0.489 e. The van der Waals surface area contributed by atoms with Gasteiger partial charge < -0.3 is 20.3 Å². The quantitative estimate of drug-likeness (QED) is 0.454. The van der Waals surface area contributed by atoms with E-state index in [0.29, 0.717) is 16.8 Å². The van der Waals surface area contributed by atoms with E-state index in [9.17, 15) is 22.8 Å². The highest BCUT2D eigenvalue weighted by Crippen LogP contribution is 2.35. The Balaban J connectivity index is 1.59. The van der Waals surface area contributed by atoms with Crippen molar-refractivity contribution in [1.29, 1.82) is 0 Å². The predicted molar refractivity (Wildman–Crippen MR) is 107 cm³/mol. The lowest BCUT2D eigenvalue weighted by Crippen LogP contribution is -2.38. The molecule has 4 aromatic rings. The monoisotopic (exact) mass is 461 g/mol. The summed E-state index contributed by atoms with van der Waals surface area (Å²) in [5.74, 6) is -0.748. The Labute approximate surface area is 183 Å². The van der Waals surface area contributed by atoms with E-state index in [2.05, 4.69) is 5.16 Å². The Hall–Kier alpha value is -4.35. The lowest BCUT2D eigenvalue weighted by molar-refractivity contribution is -1.00. The molecule has 2 aromatic heterocycles. The number of alkyl halides is 3. The molecular weight excluding hydrogens is 445 g/mol. The number of rotatable bonds is 6. The zero-order valence-electron chi connectivity index (χ0n) is 17.0. The lowest BCUT2D eigenvalue weighted by atomic mass is 10.0. The molecule has 3 N–H and O–H groups in total. The van der Waals surface area contributed by atoms with Gasteiger partial charge in [0.15, 0.2) is 5.16 Å². The fraction of sp³-hybridized carbons (Fsp3) is 0.143. The van der Waals surface area contributed by atoms with Gasteiger partial charge in [0.25, 0.3) is 22.5 Å². The summed E-state index contributed by atoms with van der Waals surface area (Å²) in [5, 5.41) is 3.83. The van der Waals surface area contributed by atoms with Gasteiger partial charge in [-0.1, -0.05) is 18.2 Å². The number of nitrogens with zero attached hydrogens (tertiary/aromatic N) is 2. The summed E-state index contributed by atoms with van der Waals surface area (Å²) in [6, 6.07) is 11.8. The van der Waals surface area contributed by atoms with Crippen LogP contribution in [0.2, 0.25) is 0 Å². The van der Waals surface area contributed by atoms with E-state index in [1.807, 2.05) is 0 Å². The summed E-state index contributed by atoms with van der Waals surface area (Å²) in [6.07, 6.45) is -4.85. The number of carbonyl (C=O) groups excluding carboxylic acids is 1. The molecule has 170 valence electrons. The molecule has 0 radical (unpaired) electrons. The Bertz CT molecular complexity index is 1390. The van der Waals surface area contributed by atoms with Crippen molar-refractivity contribution in [3.05, 3.63) is 75.7 Å². The van der Waals surface area contributed by atoms with E-state index in [1.165, 1.54) is 31.4 Å². The van der Waals surface area contributed by atoms with Gasteiger partial charge in [0.05, 0.1) is 0 Å². The van der Waals surface area contributed by atoms with E-state index in [4.69, 9.17) is 19.9 Å². The lowest BCUT2D eigenvalue weighted by Gasteiger charge is -2.14. The van der Waals surface area contributed by atoms with Gasteiger partial charge in [-0.05, 0) is 40.0 Å². The maximum absolute atomic E-state index is 13.4. The summed E-state index contributed by atoms with van der Waals surface area (Å²) < 4.78 is 51.0. The first kappa shape index (κ1) is 21.9. The molecule has 33 heavy (non-hydrogen) atoms. The predicted octanol–water partition coefficient (Wildman–Crippen LogP) is 2.23. The Morgan fingerprint density at radius 2 is 1.91 bits per heavy atom. The zero-order valence-corrected chi connectivity index (χ0v) is 17.0. The number of ether oxygens (including phenoxy) is 1. The van der Waals surface area contributed by atoms with Crippen LogP contribution < -0.4 is 25.8 Å². The molecule has 0 bridgehead atoms. The van der Waals surface area contributed by atoms with Crippen LogP contribution in [0.3, 0.4) is 0 Å². The highest BCUT2D eigenvalue weighted by Gasteiger charge is 2.36. The van der Waals surface area contributed by atoms with Gasteiger partial charge in [0, 0.05) is 11.6 Å². The van der Waals surface area contributed by atoms with Gasteiger partial charge in [-0.3, -0.25) is 9.59 Å². The fourth-order valence-electron chi connectivity index (χ4n) is 3.20. The molecule has 0 spiro atoms. The molecule has 2 heterocycles. The molecular formula is C21H16F3N4O5+. The normalized spacial score (nSPS) is 11.5. The first-order valence-electron chi connectivity index (χ1n) is 9.40. The number of carbonyl (C=O) groups is 1. The van der Waals surface area contributed by atoms with Crippen molar-refractivity contribution >= 4 is 16.9 Å².